The highest BCUT2D eigenvalue weighted by atomic mass is 19.3. The van der Waals surface area contributed by atoms with Gasteiger partial charge in [-0.2, -0.15) is 8.78 Å². The first-order chi connectivity index (χ1) is 13.9. The number of carbonyl (C=O) groups excluding carboxylic acids is 2. The molecule has 0 spiro atoms. The summed E-state index contributed by atoms with van der Waals surface area (Å²) in [6.45, 7) is 3.27. The van der Waals surface area contributed by atoms with Crippen molar-refractivity contribution in [1.29, 1.82) is 0 Å². The number of hydrogen-bond donors (Lipinski definition) is 2. The SMILES string of the molecule is C=CC(=O)NCC(NC(=O)C(F)(F)c1cnccn1)c1ccc2ccccc2c1. The van der Waals surface area contributed by atoms with E-state index < -0.39 is 29.5 Å². The molecule has 148 valence electrons. The van der Waals surface area contributed by atoms with Crippen LogP contribution in [0.15, 0.2) is 73.7 Å². The number of alkyl halides is 2. The van der Waals surface area contributed by atoms with Gasteiger partial charge in [0.15, 0.2) is 0 Å². The van der Waals surface area contributed by atoms with Gasteiger partial charge in [0.1, 0.15) is 5.69 Å². The van der Waals surface area contributed by atoms with E-state index in [2.05, 4.69) is 27.2 Å². The molecule has 1 aromatic heterocycles. The Morgan fingerprint density at radius 1 is 1.14 bits per heavy atom. The van der Waals surface area contributed by atoms with Crippen molar-refractivity contribution in [3.8, 4) is 0 Å². The standard InChI is InChI=1S/C21H18F2N4O2/c1-2-19(28)26-12-17(16-8-7-14-5-3-4-6-15(14)11-16)27-20(29)21(22,23)18-13-24-9-10-25-18/h2-11,13,17H,1,12H2,(H,26,28)(H,27,29). The van der Waals surface area contributed by atoms with Crippen molar-refractivity contribution < 1.29 is 18.4 Å². The molecule has 3 rings (SSSR count). The van der Waals surface area contributed by atoms with Gasteiger partial charge in [0.05, 0.1) is 12.2 Å². The zero-order valence-corrected chi connectivity index (χ0v) is 15.3. The van der Waals surface area contributed by atoms with E-state index in [-0.39, 0.29) is 6.54 Å². The van der Waals surface area contributed by atoms with Crippen LogP contribution in [0.4, 0.5) is 8.78 Å². The van der Waals surface area contributed by atoms with Crippen LogP contribution in [-0.4, -0.2) is 28.3 Å². The summed E-state index contributed by atoms with van der Waals surface area (Å²) in [6.07, 6.45) is 4.22. The topological polar surface area (TPSA) is 84.0 Å². The summed E-state index contributed by atoms with van der Waals surface area (Å²) in [5.41, 5.74) is -0.193. The lowest BCUT2D eigenvalue weighted by Crippen LogP contribution is -2.44. The van der Waals surface area contributed by atoms with Gasteiger partial charge >= 0.3 is 5.92 Å². The molecule has 3 aromatic rings. The number of fused-ring (bicyclic) bond motifs is 1. The first-order valence-electron chi connectivity index (χ1n) is 8.76. The Labute approximate surface area is 165 Å². The van der Waals surface area contributed by atoms with Crippen LogP contribution >= 0.6 is 0 Å². The molecule has 0 fully saturated rings. The van der Waals surface area contributed by atoms with Gasteiger partial charge in [-0.15, -0.1) is 0 Å². The lowest BCUT2D eigenvalue weighted by Gasteiger charge is -2.23. The Hall–Kier alpha value is -3.68. The number of nitrogens with zero attached hydrogens (tertiary/aromatic N) is 2. The van der Waals surface area contributed by atoms with E-state index in [1.807, 2.05) is 30.3 Å². The van der Waals surface area contributed by atoms with Gasteiger partial charge in [0, 0.05) is 18.9 Å². The molecule has 0 radical (unpaired) electrons. The smallest absolute Gasteiger partial charge is 0.350 e. The van der Waals surface area contributed by atoms with Crippen molar-refractivity contribution in [2.24, 2.45) is 0 Å². The first kappa shape index (κ1) is 20.1. The number of amides is 2. The Kier molecular flexibility index (Phi) is 5.92. The molecule has 0 saturated heterocycles. The van der Waals surface area contributed by atoms with Gasteiger partial charge in [-0.3, -0.25) is 19.6 Å². The van der Waals surface area contributed by atoms with E-state index in [1.165, 1.54) is 6.20 Å². The maximum absolute atomic E-state index is 14.5. The summed E-state index contributed by atoms with van der Waals surface area (Å²) in [7, 11) is 0. The maximum Gasteiger partial charge on any atom is 0.367 e. The lowest BCUT2D eigenvalue weighted by atomic mass is 10.0. The fraction of sp³-hybridized carbons (Fsp3) is 0.143. The van der Waals surface area contributed by atoms with Crippen molar-refractivity contribution in [2.75, 3.05) is 6.54 Å². The molecule has 0 saturated carbocycles. The van der Waals surface area contributed by atoms with Crippen LogP contribution in [0.3, 0.4) is 0 Å². The van der Waals surface area contributed by atoms with Crippen molar-refractivity contribution in [3.63, 3.8) is 0 Å². The molecule has 2 N–H and O–H groups in total. The molecule has 1 atom stereocenters. The van der Waals surface area contributed by atoms with Crippen molar-refractivity contribution in [2.45, 2.75) is 12.0 Å². The summed E-state index contributed by atoms with van der Waals surface area (Å²) in [5.74, 6) is -5.90. The monoisotopic (exact) mass is 396 g/mol. The molecule has 2 aromatic carbocycles. The molecular formula is C21H18F2N4O2. The molecule has 1 heterocycles. The van der Waals surface area contributed by atoms with E-state index in [9.17, 15) is 18.4 Å². The number of carbonyl (C=O) groups is 2. The van der Waals surface area contributed by atoms with E-state index in [4.69, 9.17) is 0 Å². The Morgan fingerprint density at radius 2 is 1.90 bits per heavy atom. The molecule has 0 bridgehead atoms. The van der Waals surface area contributed by atoms with Gasteiger partial charge in [-0.05, 0) is 28.5 Å². The molecule has 0 aliphatic heterocycles. The fourth-order valence-corrected chi connectivity index (χ4v) is 2.78. The van der Waals surface area contributed by atoms with Gasteiger partial charge < -0.3 is 10.6 Å². The van der Waals surface area contributed by atoms with E-state index in [1.54, 1.807) is 12.1 Å². The van der Waals surface area contributed by atoms with Crippen LogP contribution in [0, 0.1) is 0 Å². The molecule has 8 heteroatoms. The highest BCUT2D eigenvalue weighted by molar-refractivity contribution is 5.88. The normalized spacial score (nSPS) is 12.2. The van der Waals surface area contributed by atoms with Crippen LogP contribution in [-0.2, 0) is 15.5 Å². The maximum atomic E-state index is 14.5. The lowest BCUT2D eigenvalue weighted by molar-refractivity contribution is -0.148. The average Bonchev–Trinajstić information content (AvgIpc) is 2.76. The number of rotatable bonds is 7. The predicted octanol–water partition coefficient (Wildman–Crippen LogP) is 2.88. The second-order valence-corrected chi connectivity index (χ2v) is 6.25. The minimum Gasteiger partial charge on any atom is -0.350 e. The van der Waals surface area contributed by atoms with Gasteiger partial charge in [0.25, 0.3) is 5.91 Å². The van der Waals surface area contributed by atoms with Crippen LogP contribution in [0.2, 0.25) is 0 Å². The van der Waals surface area contributed by atoms with Crippen LogP contribution in [0.5, 0.6) is 0 Å². The van der Waals surface area contributed by atoms with Crippen molar-refractivity contribution >= 4 is 22.6 Å². The van der Waals surface area contributed by atoms with E-state index >= 15 is 0 Å². The minimum atomic E-state index is -3.88. The van der Waals surface area contributed by atoms with E-state index in [0.29, 0.717) is 5.56 Å². The van der Waals surface area contributed by atoms with Crippen LogP contribution in [0.25, 0.3) is 10.8 Å². The molecule has 29 heavy (non-hydrogen) atoms. The summed E-state index contributed by atoms with van der Waals surface area (Å²) in [6, 6.07) is 11.9. The largest absolute Gasteiger partial charge is 0.367 e. The molecule has 6 nitrogen and oxygen atoms in total. The number of halogens is 2. The summed E-state index contributed by atoms with van der Waals surface area (Å²) in [4.78, 5) is 31.0. The Bertz CT molecular complexity index is 1040. The average molecular weight is 396 g/mol. The second kappa shape index (κ2) is 8.55. The highest BCUT2D eigenvalue weighted by Crippen LogP contribution is 2.27. The Balaban J connectivity index is 1.89. The van der Waals surface area contributed by atoms with Gasteiger partial charge in [-0.25, -0.2) is 0 Å². The molecule has 2 amide bonds. The van der Waals surface area contributed by atoms with Crippen molar-refractivity contribution in [3.05, 3.63) is 85.0 Å². The van der Waals surface area contributed by atoms with Crippen molar-refractivity contribution in [1.82, 2.24) is 20.6 Å². The summed E-state index contributed by atoms with van der Waals surface area (Å²) < 4.78 is 29.1. The number of aromatic nitrogens is 2. The quantitative estimate of drug-likeness (QED) is 0.602. The zero-order chi connectivity index (χ0) is 20.9. The van der Waals surface area contributed by atoms with Crippen LogP contribution in [0.1, 0.15) is 17.3 Å². The second-order valence-electron chi connectivity index (χ2n) is 6.25. The zero-order valence-electron chi connectivity index (χ0n) is 15.3. The fourth-order valence-electron chi connectivity index (χ4n) is 2.78. The third kappa shape index (κ3) is 4.60. The molecule has 0 aliphatic rings. The molecule has 0 aliphatic carbocycles. The number of benzene rings is 2. The number of nitrogens with one attached hydrogen (secondary N) is 2. The minimum absolute atomic E-state index is 0.0918. The first-order valence-corrected chi connectivity index (χ1v) is 8.76. The third-order valence-corrected chi connectivity index (χ3v) is 4.32. The number of hydrogen-bond acceptors (Lipinski definition) is 4. The summed E-state index contributed by atoms with van der Waals surface area (Å²) in [5, 5.41) is 6.68. The van der Waals surface area contributed by atoms with Crippen LogP contribution < -0.4 is 10.6 Å². The highest BCUT2D eigenvalue weighted by Gasteiger charge is 2.43. The Morgan fingerprint density at radius 3 is 2.59 bits per heavy atom. The molecular weight excluding hydrogens is 378 g/mol. The summed E-state index contributed by atoms with van der Waals surface area (Å²) >= 11 is 0. The predicted molar refractivity (Wildman–Crippen MR) is 104 cm³/mol. The van der Waals surface area contributed by atoms with Gasteiger partial charge in [0.2, 0.25) is 5.91 Å². The molecule has 1 unspecified atom stereocenters. The third-order valence-electron chi connectivity index (χ3n) is 4.32. The van der Waals surface area contributed by atoms with Gasteiger partial charge in [-0.1, -0.05) is 43.0 Å². The van der Waals surface area contributed by atoms with E-state index in [0.717, 1.165) is 29.2 Å².